The van der Waals surface area contributed by atoms with E-state index in [1.807, 2.05) is 13.8 Å². The summed E-state index contributed by atoms with van der Waals surface area (Å²) in [5.41, 5.74) is 0.143. The number of amides is 1. The number of hydrogen-bond donors (Lipinski definition) is 4. The van der Waals surface area contributed by atoms with Crippen molar-refractivity contribution in [3.05, 3.63) is 42.1 Å². The second-order valence-corrected chi connectivity index (χ2v) is 11.9. The summed E-state index contributed by atoms with van der Waals surface area (Å²) in [5, 5.41) is 11.6. The molecule has 0 spiro atoms. The summed E-state index contributed by atoms with van der Waals surface area (Å²) in [6, 6.07) is 6.76. The van der Waals surface area contributed by atoms with Gasteiger partial charge < -0.3 is 10.4 Å². The highest BCUT2D eigenvalue weighted by atomic mass is 32.2. The molecule has 15 heteroatoms. The molecule has 1 aromatic heterocycles. The van der Waals surface area contributed by atoms with E-state index in [9.17, 15) is 26.4 Å². The molecule has 1 aromatic carbocycles. The Bertz CT molecular complexity index is 1490. The zero-order valence-corrected chi connectivity index (χ0v) is 21.6. The maximum absolute atomic E-state index is 13.5. The molecule has 198 valence electrons. The van der Waals surface area contributed by atoms with Gasteiger partial charge in [-0.1, -0.05) is 13.8 Å². The first-order valence-corrected chi connectivity index (χ1v) is 14.3. The minimum absolute atomic E-state index is 0.0302. The molecule has 2 aromatic rings. The number of amidine groups is 1. The van der Waals surface area contributed by atoms with Crippen LogP contribution in [0.5, 0.6) is 0 Å². The van der Waals surface area contributed by atoms with E-state index in [4.69, 9.17) is 5.11 Å². The number of carbonyl (C=O) groups excluding carboxylic acids is 2. The SMILES string of the molecule is CC(C)CCN1C(=O)C(C2=NS(=O)(=O)c3cc(NS(=O)(=O)NCCO)ccc3N2)C(=O)c2cccnc21. The number of nitrogens with zero attached hydrogens (tertiary/aromatic N) is 3. The van der Waals surface area contributed by atoms with Gasteiger partial charge in [-0.25, -0.2) is 4.98 Å². The van der Waals surface area contributed by atoms with Crippen molar-refractivity contribution >= 4 is 55.0 Å². The van der Waals surface area contributed by atoms with Gasteiger partial charge in [0.2, 0.25) is 5.91 Å². The average Bonchev–Trinajstić information content (AvgIpc) is 2.82. The zero-order chi connectivity index (χ0) is 27.0. The van der Waals surface area contributed by atoms with Crippen molar-refractivity contribution in [2.75, 3.05) is 34.6 Å². The molecular weight excluding hydrogens is 524 g/mol. The number of anilines is 3. The largest absolute Gasteiger partial charge is 0.395 e. The molecule has 2 aliphatic rings. The van der Waals surface area contributed by atoms with Crippen LogP contribution in [0, 0.1) is 11.8 Å². The number of aliphatic hydroxyl groups excluding tert-OH is 1. The molecule has 0 bridgehead atoms. The van der Waals surface area contributed by atoms with Gasteiger partial charge in [-0.3, -0.25) is 19.2 Å². The minimum Gasteiger partial charge on any atom is -0.395 e. The lowest BCUT2D eigenvalue weighted by molar-refractivity contribution is -0.119. The fourth-order valence-corrected chi connectivity index (χ4v) is 5.97. The predicted molar refractivity (Wildman–Crippen MR) is 136 cm³/mol. The lowest BCUT2D eigenvalue weighted by Gasteiger charge is -2.34. The summed E-state index contributed by atoms with van der Waals surface area (Å²) in [6.45, 7) is 3.61. The summed E-state index contributed by atoms with van der Waals surface area (Å²) in [7, 11) is -8.47. The third kappa shape index (κ3) is 5.49. The van der Waals surface area contributed by atoms with Crippen molar-refractivity contribution in [2.45, 2.75) is 25.2 Å². The van der Waals surface area contributed by atoms with E-state index in [1.54, 1.807) is 6.07 Å². The van der Waals surface area contributed by atoms with Gasteiger partial charge in [0.15, 0.2) is 11.7 Å². The second kappa shape index (κ2) is 10.2. The maximum Gasteiger partial charge on any atom is 0.299 e. The molecule has 37 heavy (non-hydrogen) atoms. The first-order valence-electron chi connectivity index (χ1n) is 11.4. The Labute approximate surface area is 214 Å². The number of sulfonamides is 1. The monoisotopic (exact) mass is 550 g/mol. The van der Waals surface area contributed by atoms with E-state index >= 15 is 0 Å². The average molecular weight is 551 g/mol. The Morgan fingerprint density at radius 3 is 2.68 bits per heavy atom. The van der Waals surface area contributed by atoms with Crippen LogP contribution in [-0.2, 0) is 25.0 Å². The highest BCUT2D eigenvalue weighted by Crippen LogP contribution is 2.35. The standard InChI is InChI=1S/C22H26N6O7S2/c1-13(2)7-10-28-21-15(4-3-8-23-21)19(30)18(22(28)31)20-25-16-6-5-14(12-17(16)36(32,33)27-20)26-37(34,35)24-9-11-29/h3-6,8,12-13,18,24,26,29H,7,9-11H2,1-2H3,(H,25,27). The predicted octanol–water partition coefficient (Wildman–Crippen LogP) is 0.725. The van der Waals surface area contributed by atoms with Crippen molar-refractivity contribution in [3.63, 3.8) is 0 Å². The van der Waals surface area contributed by atoms with E-state index in [2.05, 4.69) is 24.1 Å². The molecule has 13 nitrogen and oxygen atoms in total. The smallest absolute Gasteiger partial charge is 0.299 e. The molecule has 1 unspecified atom stereocenters. The van der Waals surface area contributed by atoms with Crippen LogP contribution < -0.4 is 19.7 Å². The normalized spacial score (nSPS) is 18.6. The topological polar surface area (TPSA) is 187 Å². The molecule has 1 amide bonds. The summed E-state index contributed by atoms with van der Waals surface area (Å²) in [6.07, 6.45) is 2.11. The zero-order valence-electron chi connectivity index (χ0n) is 20.0. The lowest BCUT2D eigenvalue weighted by Crippen LogP contribution is -2.51. The van der Waals surface area contributed by atoms with Crippen molar-refractivity contribution < 1.29 is 31.5 Å². The number of nitrogens with one attached hydrogen (secondary N) is 3. The van der Waals surface area contributed by atoms with Crippen molar-refractivity contribution in [1.29, 1.82) is 0 Å². The van der Waals surface area contributed by atoms with E-state index in [0.717, 1.165) is 6.07 Å². The number of ketones is 1. The number of pyridine rings is 1. The lowest BCUT2D eigenvalue weighted by atomic mass is 9.90. The molecule has 4 rings (SSSR count). The number of aliphatic hydroxyl groups is 1. The van der Waals surface area contributed by atoms with Crippen LogP contribution in [0.25, 0.3) is 0 Å². The number of hydrogen-bond acceptors (Lipinski definition) is 9. The fraction of sp³-hybridized carbons (Fsp3) is 0.364. The van der Waals surface area contributed by atoms with Gasteiger partial charge in [0.25, 0.3) is 20.2 Å². The van der Waals surface area contributed by atoms with E-state index in [0.29, 0.717) is 6.42 Å². The second-order valence-electron chi connectivity index (χ2n) is 8.86. The van der Waals surface area contributed by atoms with Gasteiger partial charge in [-0.2, -0.15) is 21.6 Å². The Hall–Kier alpha value is -3.40. The van der Waals surface area contributed by atoms with Crippen LogP contribution in [-0.4, -0.2) is 64.1 Å². The molecule has 0 radical (unpaired) electrons. The van der Waals surface area contributed by atoms with Crippen molar-refractivity contribution in [2.24, 2.45) is 16.2 Å². The maximum atomic E-state index is 13.5. The molecular formula is C22H26N6O7S2. The van der Waals surface area contributed by atoms with Crippen LogP contribution in [0.1, 0.15) is 30.6 Å². The van der Waals surface area contributed by atoms with E-state index in [1.165, 1.54) is 29.3 Å². The van der Waals surface area contributed by atoms with Crippen molar-refractivity contribution in [3.8, 4) is 0 Å². The number of Topliss-reactive ketones (excluding diaryl/α,β-unsaturated/α-hetero) is 1. The van der Waals surface area contributed by atoms with Crippen LogP contribution in [0.2, 0.25) is 0 Å². The minimum atomic E-state index is -4.41. The van der Waals surface area contributed by atoms with Gasteiger partial charge in [-0.05, 0) is 42.7 Å². The van der Waals surface area contributed by atoms with Gasteiger partial charge in [-0.15, -0.1) is 4.40 Å². The molecule has 4 N–H and O–H groups in total. The summed E-state index contributed by atoms with van der Waals surface area (Å²) in [5.74, 6) is -2.64. The fourth-order valence-electron chi connectivity index (χ4n) is 3.91. The molecule has 3 heterocycles. The Balaban J connectivity index is 1.68. The number of aromatic nitrogens is 1. The quantitative estimate of drug-likeness (QED) is 0.326. The Morgan fingerprint density at radius 2 is 1.97 bits per heavy atom. The summed E-state index contributed by atoms with van der Waals surface area (Å²) in [4.78, 5) is 32.1. The first kappa shape index (κ1) is 26.7. The van der Waals surface area contributed by atoms with Crippen LogP contribution in [0.15, 0.2) is 45.8 Å². The first-order chi connectivity index (χ1) is 17.4. The van der Waals surface area contributed by atoms with Crippen LogP contribution in [0.3, 0.4) is 0 Å². The summed E-state index contributed by atoms with van der Waals surface area (Å²) >= 11 is 0. The van der Waals surface area contributed by atoms with Crippen molar-refractivity contribution in [1.82, 2.24) is 9.71 Å². The molecule has 2 aliphatic heterocycles. The summed E-state index contributed by atoms with van der Waals surface area (Å²) < 4.78 is 58.2. The van der Waals surface area contributed by atoms with Gasteiger partial charge in [0, 0.05) is 19.3 Å². The number of rotatable bonds is 9. The molecule has 0 saturated heterocycles. The highest BCUT2D eigenvalue weighted by Gasteiger charge is 2.45. The number of fused-ring (bicyclic) bond motifs is 2. The molecule has 0 aliphatic carbocycles. The molecule has 0 fully saturated rings. The number of benzene rings is 1. The van der Waals surface area contributed by atoms with Crippen LogP contribution in [0.4, 0.5) is 17.2 Å². The Morgan fingerprint density at radius 1 is 1.22 bits per heavy atom. The molecule has 0 saturated carbocycles. The third-order valence-electron chi connectivity index (χ3n) is 5.68. The van der Waals surface area contributed by atoms with Crippen LogP contribution >= 0.6 is 0 Å². The third-order valence-corrected chi connectivity index (χ3v) is 8.10. The number of carbonyl (C=O) groups is 2. The van der Waals surface area contributed by atoms with Gasteiger partial charge >= 0.3 is 0 Å². The Kier molecular flexibility index (Phi) is 7.32. The molecule has 1 atom stereocenters. The van der Waals surface area contributed by atoms with Gasteiger partial charge in [0.05, 0.1) is 23.5 Å². The van der Waals surface area contributed by atoms with E-state index in [-0.39, 0.29) is 52.5 Å². The van der Waals surface area contributed by atoms with E-state index < -0.39 is 44.4 Å². The highest BCUT2D eigenvalue weighted by molar-refractivity contribution is 7.91. The van der Waals surface area contributed by atoms with Gasteiger partial charge in [0.1, 0.15) is 16.5 Å².